The molecule has 156 valence electrons. The Bertz CT molecular complexity index is 964. The van der Waals surface area contributed by atoms with Crippen LogP contribution in [0.3, 0.4) is 0 Å². The molecule has 3 unspecified atom stereocenters. The molecule has 1 aromatic heterocycles. The van der Waals surface area contributed by atoms with Gasteiger partial charge in [0.1, 0.15) is 17.4 Å². The van der Waals surface area contributed by atoms with Gasteiger partial charge in [-0.15, -0.1) is 0 Å². The van der Waals surface area contributed by atoms with E-state index >= 15 is 0 Å². The number of esters is 1. The van der Waals surface area contributed by atoms with E-state index in [0.29, 0.717) is 24.0 Å². The number of primary amides is 1. The van der Waals surface area contributed by atoms with Gasteiger partial charge in [-0.2, -0.15) is 0 Å². The summed E-state index contributed by atoms with van der Waals surface area (Å²) in [4.78, 5) is 32.3. The van der Waals surface area contributed by atoms with Crippen molar-refractivity contribution in [1.82, 2.24) is 20.6 Å². The average Bonchev–Trinajstić information content (AvgIpc) is 3.28. The zero-order valence-electron chi connectivity index (χ0n) is 17.3. The Morgan fingerprint density at radius 1 is 1.24 bits per heavy atom. The number of para-hydroxylation sites is 1. The average molecular weight is 399 g/mol. The third-order valence-electron chi connectivity index (χ3n) is 6.03. The molecule has 2 aliphatic rings. The number of ether oxygens (including phenoxy) is 1. The maximum Gasteiger partial charge on any atom is 0.311 e. The number of nitrogens with zero attached hydrogens (tertiary/aromatic N) is 1. The Morgan fingerprint density at radius 2 is 2.00 bits per heavy atom. The first kappa shape index (κ1) is 19.8. The molecule has 1 aromatic carbocycles. The second-order valence-corrected chi connectivity index (χ2v) is 9.43. The molecule has 5 N–H and O–H groups in total. The van der Waals surface area contributed by atoms with Gasteiger partial charge in [-0.05, 0) is 46.2 Å². The lowest BCUT2D eigenvalue weighted by atomic mass is 9.87. The highest BCUT2D eigenvalue weighted by atomic mass is 16.5. The van der Waals surface area contributed by atoms with Crippen LogP contribution >= 0.6 is 0 Å². The number of H-pyrrole nitrogens is 1. The molecule has 3 atom stereocenters. The highest BCUT2D eigenvalue weighted by molar-refractivity contribution is 6.04. The fourth-order valence-corrected chi connectivity index (χ4v) is 4.82. The van der Waals surface area contributed by atoms with E-state index < -0.39 is 5.91 Å². The fraction of sp³-hybridized carbons (Fsp3) is 0.571. The molecule has 0 bridgehead atoms. The first-order valence-electron chi connectivity index (χ1n) is 10.1. The van der Waals surface area contributed by atoms with Crippen molar-refractivity contribution in [3.8, 4) is 0 Å². The van der Waals surface area contributed by atoms with Gasteiger partial charge in [-0.25, -0.2) is 4.98 Å². The van der Waals surface area contributed by atoms with Crippen LogP contribution < -0.4 is 16.4 Å². The van der Waals surface area contributed by atoms with E-state index in [1.807, 2.05) is 19.9 Å². The molecule has 4 rings (SSSR count). The van der Waals surface area contributed by atoms with Crippen LogP contribution in [0.15, 0.2) is 18.2 Å². The Hall–Kier alpha value is -2.45. The minimum absolute atomic E-state index is 0.0768. The van der Waals surface area contributed by atoms with Crippen LogP contribution in [0.4, 0.5) is 0 Å². The van der Waals surface area contributed by atoms with E-state index in [-0.39, 0.29) is 35.1 Å². The molecular weight excluding hydrogens is 370 g/mol. The smallest absolute Gasteiger partial charge is 0.311 e. The number of amides is 1. The van der Waals surface area contributed by atoms with Crippen LogP contribution in [0, 0.1) is 5.92 Å². The van der Waals surface area contributed by atoms with E-state index in [4.69, 9.17) is 10.5 Å². The van der Waals surface area contributed by atoms with Gasteiger partial charge in [-0.1, -0.05) is 6.07 Å². The number of hydrogen-bond donors (Lipinski definition) is 4. The molecule has 2 fully saturated rings. The number of nitrogens with two attached hydrogens (primary N) is 1. The van der Waals surface area contributed by atoms with Crippen molar-refractivity contribution in [3.05, 3.63) is 29.6 Å². The van der Waals surface area contributed by atoms with E-state index in [2.05, 4.69) is 34.4 Å². The van der Waals surface area contributed by atoms with Crippen molar-refractivity contribution < 1.29 is 14.3 Å². The third-order valence-corrected chi connectivity index (χ3v) is 6.03. The number of benzene rings is 1. The van der Waals surface area contributed by atoms with Crippen LogP contribution in [0.1, 0.15) is 62.8 Å². The first-order chi connectivity index (χ1) is 13.6. The van der Waals surface area contributed by atoms with Crippen LogP contribution in [-0.4, -0.2) is 45.6 Å². The van der Waals surface area contributed by atoms with Crippen molar-refractivity contribution in [2.75, 3.05) is 6.54 Å². The molecule has 2 aromatic rings. The van der Waals surface area contributed by atoms with E-state index in [0.717, 1.165) is 17.8 Å². The molecule has 2 aliphatic heterocycles. The Balaban J connectivity index is 1.45. The number of aromatic nitrogens is 2. The predicted molar refractivity (Wildman–Crippen MR) is 109 cm³/mol. The minimum atomic E-state index is -0.504. The van der Waals surface area contributed by atoms with Gasteiger partial charge in [0.25, 0.3) is 5.91 Å². The van der Waals surface area contributed by atoms with Gasteiger partial charge < -0.3 is 26.1 Å². The highest BCUT2D eigenvalue weighted by Gasteiger charge is 2.49. The minimum Gasteiger partial charge on any atom is -0.461 e. The SMILES string of the molecule is CC1(C)CC(C(=O)OC2CNC(c3nc4c(C(N)=O)cccc4[nH]3)C2)C(C)(C)N1. The predicted octanol–water partition coefficient (Wildman–Crippen LogP) is 1.77. The molecule has 1 amide bonds. The van der Waals surface area contributed by atoms with Crippen molar-refractivity contribution in [3.63, 3.8) is 0 Å². The van der Waals surface area contributed by atoms with Gasteiger partial charge in [0, 0.05) is 24.0 Å². The maximum atomic E-state index is 12.8. The van der Waals surface area contributed by atoms with Crippen molar-refractivity contribution in [2.45, 2.75) is 63.8 Å². The lowest BCUT2D eigenvalue weighted by Gasteiger charge is -2.28. The molecule has 8 nitrogen and oxygen atoms in total. The number of carbonyl (C=O) groups excluding carboxylic acids is 2. The Morgan fingerprint density at radius 3 is 2.66 bits per heavy atom. The second kappa shape index (κ2) is 6.81. The number of fused-ring (bicyclic) bond motifs is 1. The van der Waals surface area contributed by atoms with Crippen molar-refractivity contribution >= 4 is 22.9 Å². The molecule has 0 spiro atoms. The zero-order chi connectivity index (χ0) is 21.0. The Kier molecular flexibility index (Phi) is 4.66. The summed E-state index contributed by atoms with van der Waals surface area (Å²) in [6, 6.07) is 5.23. The van der Waals surface area contributed by atoms with Gasteiger partial charge >= 0.3 is 5.97 Å². The monoisotopic (exact) mass is 399 g/mol. The molecular formula is C21H29N5O3. The lowest BCUT2D eigenvalue weighted by Crippen LogP contribution is -2.47. The quantitative estimate of drug-likeness (QED) is 0.581. The molecule has 0 radical (unpaired) electrons. The van der Waals surface area contributed by atoms with Crippen LogP contribution in [0.5, 0.6) is 0 Å². The third kappa shape index (κ3) is 3.74. The standard InChI is InChI=1S/C21H29N5O3/c1-20(2)9-13(21(3,4)26-20)19(28)29-11-8-15(23-10-11)18-24-14-7-5-6-12(17(22)27)16(14)25-18/h5-7,11,13,15,23,26H,8-10H2,1-4H3,(H2,22,27)(H,24,25). The van der Waals surface area contributed by atoms with Gasteiger partial charge in [0.2, 0.25) is 0 Å². The van der Waals surface area contributed by atoms with Gasteiger partial charge in [0.05, 0.1) is 23.0 Å². The number of rotatable bonds is 4. The topological polar surface area (TPSA) is 122 Å². The van der Waals surface area contributed by atoms with Gasteiger partial charge in [0.15, 0.2) is 0 Å². The zero-order valence-corrected chi connectivity index (χ0v) is 17.3. The normalized spacial score (nSPS) is 27.9. The van der Waals surface area contributed by atoms with Gasteiger partial charge in [-0.3, -0.25) is 9.59 Å². The summed E-state index contributed by atoms with van der Waals surface area (Å²) in [6.45, 7) is 8.89. The number of imidazole rings is 1. The summed E-state index contributed by atoms with van der Waals surface area (Å²) in [6.07, 6.45) is 1.17. The lowest BCUT2D eigenvalue weighted by molar-refractivity contribution is -0.154. The molecule has 8 heteroatoms. The van der Waals surface area contributed by atoms with E-state index in [1.165, 1.54) is 0 Å². The Labute approximate surface area is 170 Å². The molecule has 3 heterocycles. The number of nitrogens with one attached hydrogen (secondary N) is 3. The largest absolute Gasteiger partial charge is 0.461 e. The molecule has 0 aliphatic carbocycles. The molecule has 0 saturated carbocycles. The molecule has 29 heavy (non-hydrogen) atoms. The van der Waals surface area contributed by atoms with E-state index in [9.17, 15) is 9.59 Å². The maximum absolute atomic E-state index is 12.8. The summed E-state index contributed by atoms with van der Waals surface area (Å²) in [5.41, 5.74) is 6.79. The number of aromatic amines is 1. The van der Waals surface area contributed by atoms with Crippen LogP contribution in [0.2, 0.25) is 0 Å². The summed E-state index contributed by atoms with van der Waals surface area (Å²) in [7, 11) is 0. The van der Waals surface area contributed by atoms with Crippen molar-refractivity contribution in [2.24, 2.45) is 11.7 Å². The summed E-state index contributed by atoms with van der Waals surface area (Å²) >= 11 is 0. The van der Waals surface area contributed by atoms with E-state index in [1.54, 1.807) is 12.1 Å². The summed E-state index contributed by atoms with van der Waals surface area (Å²) in [5, 5.41) is 6.88. The summed E-state index contributed by atoms with van der Waals surface area (Å²) < 4.78 is 5.85. The second-order valence-electron chi connectivity index (χ2n) is 9.43. The van der Waals surface area contributed by atoms with Crippen molar-refractivity contribution in [1.29, 1.82) is 0 Å². The number of carbonyl (C=O) groups is 2. The van der Waals surface area contributed by atoms with Crippen LogP contribution in [-0.2, 0) is 9.53 Å². The number of hydrogen-bond acceptors (Lipinski definition) is 6. The highest BCUT2D eigenvalue weighted by Crippen LogP contribution is 2.37. The first-order valence-corrected chi connectivity index (χ1v) is 10.1. The summed E-state index contributed by atoms with van der Waals surface area (Å²) in [5.74, 6) is -0.117. The molecule has 2 saturated heterocycles. The fourth-order valence-electron chi connectivity index (χ4n) is 4.82. The van der Waals surface area contributed by atoms with Crippen LogP contribution in [0.25, 0.3) is 11.0 Å².